The summed E-state index contributed by atoms with van der Waals surface area (Å²) >= 11 is 0. The summed E-state index contributed by atoms with van der Waals surface area (Å²) in [4.78, 5) is 32.9. The van der Waals surface area contributed by atoms with Crippen LogP contribution in [0.25, 0.3) is 0 Å². The number of amides is 2. The number of nitrogens with zero attached hydrogens (tertiary/aromatic N) is 3. The molecule has 2 aliphatic heterocycles. The van der Waals surface area contributed by atoms with E-state index in [0.717, 1.165) is 11.1 Å². The van der Waals surface area contributed by atoms with E-state index in [1.165, 1.54) is 24.3 Å². The number of hydrazone groups is 2. The van der Waals surface area contributed by atoms with Gasteiger partial charge in [0.25, 0.3) is 11.8 Å². The molecule has 2 unspecified atom stereocenters. The van der Waals surface area contributed by atoms with E-state index in [-0.39, 0.29) is 111 Å². The molecule has 6 aromatic rings. The van der Waals surface area contributed by atoms with E-state index in [2.05, 4.69) is 21.1 Å². The summed E-state index contributed by atoms with van der Waals surface area (Å²) in [5, 5.41) is 82.5. The van der Waals surface area contributed by atoms with Gasteiger partial charge < -0.3 is 55.4 Å². The molecule has 0 fully saturated rings. The second-order valence-electron chi connectivity index (χ2n) is 13.4. The third-order valence-corrected chi connectivity index (χ3v) is 9.19. The van der Waals surface area contributed by atoms with Crippen molar-refractivity contribution in [1.29, 1.82) is 0 Å². The van der Waals surface area contributed by atoms with E-state index in [0.29, 0.717) is 33.7 Å². The molecule has 8 rings (SSSR count). The van der Waals surface area contributed by atoms with Crippen LogP contribution in [-0.4, -0.2) is 59.0 Å². The van der Waals surface area contributed by atoms with Crippen molar-refractivity contribution in [1.82, 2.24) is 10.9 Å². The quantitative estimate of drug-likeness (QED) is 0.0639. The fourth-order valence-electron chi connectivity index (χ4n) is 6.38. The second kappa shape index (κ2) is 21.4. The Kier molecular flexibility index (Phi) is 15.8. The maximum atomic E-state index is 12.3. The van der Waals surface area contributed by atoms with Gasteiger partial charge >= 0.3 is 0 Å². The number of nitrogens with one attached hydrogen (secondary N) is 2. The Morgan fingerprint density at radius 2 is 0.873 bits per heavy atom. The average Bonchev–Trinajstić information content (AvgIpc) is 3.25. The number of phenols is 6. The van der Waals surface area contributed by atoms with Gasteiger partial charge in [0.05, 0.1) is 27.6 Å². The van der Waals surface area contributed by atoms with E-state index in [4.69, 9.17) is 24.8 Å². The number of fused-ring (bicyclic) bond motifs is 2. The third-order valence-electron chi connectivity index (χ3n) is 9.19. The van der Waals surface area contributed by atoms with Crippen LogP contribution in [0.5, 0.6) is 46.0 Å². The molecule has 63 heavy (non-hydrogen) atoms. The molecule has 0 saturated carbocycles. The maximum Gasteiger partial charge on any atom is 0.271 e. The zero-order valence-corrected chi connectivity index (χ0v) is 35.2. The molecule has 18 nitrogen and oxygen atoms in total. The van der Waals surface area contributed by atoms with Crippen molar-refractivity contribution in [3.8, 4) is 46.0 Å². The van der Waals surface area contributed by atoms with Gasteiger partial charge in [-0.3, -0.25) is 9.59 Å². The monoisotopic (exact) mass is 994 g/mol. The zero-order valence-electron chi connectivity index (χ0n) is 32.6. The van der Waals surface area contributed by atoms with Gasteiger partial charge in [-0.2, -0.15) is 10.2 Å². The minimum absolute atomic E-state index is 0. The Hall–Kier alpha value is -7.46. The van der Waals surface area contributed by atoms with Crippen molar-refractivity contribution in [3.05, 3.63) is 182 Å². The summed E-state index contributed by atoms with van der Waals surface area (Å²) < 4.78 is 11.9. The standard InChI is InChI=1S/2C22H18N2O5.NO3.Sm/c2*25-15-8-6-13(7-9-15)19-12-17(21-18(27)10-16(26)11-20(21)29-19)23-24-22(28)14-4-2-1-3-5-14;2-1(3)4;/h2*1-11,19,25-27H,12H2,(H,24,28);;/q;;-1;/b2*23-17+;;. The molecule has 0 spiro atoms. The van der Waals surface area contributed by atoms with Gasteiger partial charge in [0.2, 0.25) is 0 Å². The molecule has 2 heterocycles. The van der Waals surface area contributed by atoms with Crippen molar-refractivity contribution in [2.75, 3.05) is 0 Å². The number of carbonyl (C=O) groups is 2. The fourth-order valence-corrected chi connectivity index (χ4v) is 6.38. The first-order valence-electron chi connectivity index (χ1n) is 18.4. The first-order chi connectivity index (χ1) is 29.7. The number of hydrogen-bond acceptors (Lipinski definition) is 15. The molecule has 0 radical (unpaired) electrons. The van der Waals surface area contributed by atoms with E-state index in [9.17, 15) is 40.2 Å². The molecule has 322 valence electrons. The smallest absolute Gasteiger partial charge is 0.271 e. The molecule has 2 aliphatic rings. The number of rotatable bonds is 6. The van der Waals surface area contributed by atoms with Crippen LogP contribution >= 0.6 is 0 Å². The van der Waals surface area contributed by atoms with Crippen LogP contribution < -0.4 is 20.3 Å². The molecule has 0 saturated heterocycles. The molecule has 6 aromatic carbocycles. The molecule has 19 heteroatoms. The zero-order chi connectivity index (χ0) is 44.3. The summed E-state index contributed by atoms with van der Waals surface area (Å²) in [5.41, 5.74) is 8.92. The normalized spacial score (nSPS) is 15.7. The Balaban J connectivity index is 0.000000216. The largest absolute Gasteiger partial charge is 0.508 e. The Bertz CT molecular complexity index is 2450. The Morgan fingerprint density at radius 3 is 1.21 bits per heavy atom. The minimum Gasteiger partial charge on any atom is -0.508 e. The van der Waals surface area contributed by atoms with Crippen LogP contribution in [0.4, 0.5) is 0 Å². The van der Waals surface area contributed by atoms with Crippen LogP contribution in [0.2, 0.25) is 0 Å². The third kappa shape index (κ3) is 12.3. The predicted molar refractivity (Wildman–Crippen MR) is 223 cm³/mol. The van der Waals surface area contributed by atoms with Crippen molar-refractivity contribution in [3.63, 3.8) is 0 Å². The van der Waals surface area contributed by atoms with Crippen LogP contribution in [0.15, 0.2) is 144 Å². The SMILES string of the molecule is O=C(N/N=C1\CC(c2ccc(O)cc2)Oc2cc(O)cc(O)c21)c1ccccc1.O=C(N/N=C1\CC(c2ccc(O)cc2)Oc2cc(O)cc(O)c21)c1ccccc1.O=[N+]([O-])[O-].[Sm]. The average molecular weight is 993 g/mol. The maximum absolute atomic E-state index is 12.3. The van der Waals surface area contributed by atoms with Crippen molar-refractivity contribution >= 4 is 23.2 Å². The topological polar surface area (TPSA) is 289 Å². The van der Waals surface area contributed by atoms with Gasteiger partial charge in [0.1, 0.15) is 58.2 Å². The van der Waals surface area contributed by atoms with E-state index in [1.54, 1.807) is 97.1 Å². The molecule has 0 aliphatic carbocycles. The minimum atomic E-state index is -1.75. The van der Waals surface area contributed by atoms with Crippen LogP contribution in [0, 0.1) is 55.7 Å². The van der Waals surface area contributed by atoms with Crippen LogP contribution in [0.3, 0.4) is 0 Å². The van der Waals surface area contributed by atoms with Gasteiger partial charge in [-0.15, -0.1) is 0 Å². The number of phenolic OH excluding ortho intramolecular Hbond substituents is 6. The molecule has 0 bridgehead atoms. The summed E-state index contributed by atoms with van der Waals surface area (Å²) in [6, 6.07) is 35.5. The molecule has 2 atom stereocenters. The number of ether oxygens (including phenoxy) is 2. The van der Waals surface area contributed by atoms with Crippen molar-refractivity contribution < 1.29 is 95.2 Å². The summed E-state index contributed by atoms with van der Waals surface area (Å²) in [7, 11) is 0. The van der Waals surface area contributed by atoms with E-state index < -0.39 is 17.3 Å². The number of aromatic hydroxyl groups is 6. The molecular formula is C44H36N5O13Sm-. The molecular weight excluding hydrogens is 957 g/mol. The summed E-state index contributed by atoms with van der Waals surface area (Å²) in [6.45, 7) is 0. The van der Waals surface area contributed by atoms with Gasteiger partial charge in [0, 0.05) is 88.6 Å². The summed E-state index contributed by atoms with van der Waals surface area (Å²) in [6.07, 6.45) is -0.413. The first-order valence-corrected chi connectivity index (χ1v) is 18.4. The van der Waals surface area contributed by atoms with Gasteiger partial charge in [-0.25, -0.2) is 10.9 Å². The van der Waals surface area contributed by atoms with Crippen molar-refractivity contribution in [2.24, 2.45) is 10.2 Å². The molecule has 0 aromatic heterocycles. The van der Waals surface area contributed by atoms with Gasteiger partial charge in [0.15, 0.2) is 0 Å². The van der Waals surface area contributed by atoms with Gasteiger partial charge in [-0.05, 0) is 59.7 Å². The molecule has 8 N–H and O–H groups in total. The Morgan fingerprint density at radius 1 is 0.540 bits per heavy atom. The summed E-state index contributed by atoms with van der Waals surface area (Å²) in [5.74, 6) is -0.710. The van der Waals surface area contributed by atoms with Crippen LogP contribution in [-0.2, 0) is 0 Å². The number of benzene rings is 6. The van der Waals surface area contributed by atoms with E-state index >= 15 is 0 Å². The molecule has 2 amide bonds. The number of hydrogen-bond donors (Lipinski definition) is 8. The first kappa shape index (κ1) is 46.6. The Labute approximate surface area is 390 Å². The fraction of sp³-hybridized carbons (Fsp3) is 0.0909. The van der Waals surface area contributed by atoms with E-state index in [1.807, 2.05) is 12.1 Å². The van der Waals surface area contributed by atoms with Crippen molar-refractivity contribution in [2.45, 2.75) is 25.0 Å². The second-order valence-corrected chi connectivity index (χ2v) is 13.4. The van der Waals surface area contributed by atoms with Gasteiger partial charge in [-0.1, -0.05) is 60.7 Å². The predicted octanol–water partition coefficient (Wildman–Crippen LogP) is 6.68. The number of carbonyl (C=O) groups excluding carboxylic acids is 2. The van der Waals surface area contributed by atoms with Crippen LogP contribution in [0.1, 0.15) is 68.0 Å².